The number of rotatable bonds is 2. The average Bonchev–Trinajstić information content (AvgIpc) is 2.56. The molecule has 0 aliphatic carbocycles. The Hall–Kier alpha value is -1.84. The molecule has 2 rings (SSSR count). The quantitative estimate of drug-likeness (QED) is 0.842. The first kappa shape index (κ1) is 10.7. The van der Waals surface area contributed by atoms with Crippen LogP contribution < -0.4 is 0 Å². The van der Waals surface area contributed by atoms with E-state index in [1.54, 1.807) is 6.07 Å². The number of carboxylic acids is 1. The zero-order chi connectivity index (χ0) is 11.9. The summed E-state index contributed by atoms with van der Waals surface area (Å²) in [7, 11) is 1.94. The van der Waals surface area contributed by atoms with Crippen LogP contribution >= 0.6 is 0 Å². The zero-order valence-electron chi connectivity index (χ0n) is 9.56. The summed E-state index contributed by atoms with van der Waals surface area (Å²) < 4.78 is 1.98. The number of carboxylic acid groups (broad SMARTS) is 1. The van der Waals surface area contributed by atoms with Crippen LogP contribution in [0.4, 0.5) is 0 Å². The topological polar surface area (TPSA) is 55.1 Å². The van der Waals surface area contributed by atoms with Crippen LogP contribution in [0.2, 0.25) is 0 Å². The fourth-order valence-corrected chi connectivity index (χ4v) is 1.83. The molecule has 2 aromatic heterocycles. The van der Waals surface area contributed by atoms with Crippen LogP contribution in [-0.4, -0.2) is 20.6 Å². The number of hydrogen-bond donors (Lipinski definition) is 1. The third-order valence-electron chi connectivity index (χ3n) is 2.70. The van der Waals surface area contributed by atoms with Crippen molar-refractivity contribution in [1.29, 1.82) is 0 Å². The fourth-order valence-electron chi connectivity index (χ4n) is 1.83. The number of aromatic carboxylic acids is 1. The summed E-state index contributed by atoms with van der Waals surface area (Å²) in [5, 5.41) is 8.91. The molecule has 16 heavy (non-hydrogen) atoms. The van der Waals surface area contributed by atoms with E-state index in [0.717, 1.165) is 16.6 Å². The lowest BCUT2D eigenvalue weighted by Crippen LogP contribution is -2.00. The number of aryl methyl sites for hydroxylation is 1. The molecule has 0 spiro atoms. The third kappa shape index (κ3) is 1.56. The van der Waals surface area contributed by atoms with Crippen molar-refractivity contribution in [1.82, 2.24) is 9.55 Å². The maximum absolute atomic E-state index is 10.9. The van der Waals surface area contributed by atoms with Crippen molar-refractivity contribution in [3.8, 4) is 0 Å². The van der Waals surface area contributed by atoms with Crippen LogP contribution in [0.15, 0.2) is 18.3 Å². The van der Waals surface area contributed by atoms with Crippen LogP contribution in [0, 0.1) is 0 Å². The van der Waals surface area contributed by atoms with Crippen LogP contribution in [-0.2, 0) is 7.05 Å². The van der Waals surface area contributed by atoms with Gasteiger partial charge in [-0.1, -0.05) is 13.8 Å². The van der Waals surface area contributed by atoms with E-state index in [9.17, 15) is 4.79 Å². The Labute approximate surface area is 93.5 Å². The van der Waals surface area contributed by atoms with Crippen molar-refractivity contribution < 1.29 is 9.90 Å². The van der Waals surface area contributed by atoms with Gasteiger partial charge in [0.1, 0.15) is 5.69 Å². The molecule has 0 fully saturated rings. The Bertz CT molecular complexity index is 555. The largest absolute Gasteiger partial charge is 0.477 e. The van der Waals surface area contributed by atoms with Gasteiger partial charge >= 0.3 is 5.97 Å². The van der Waals surface area contributed by atoms with E-state index in [1.165, 1.54) is 6.07 Å². The molecule has 0 aliphatic heterocycles. The molecular weight excluding hydrogens is 204 g/mol. The van der Waals surface area contributed by atoms with E-state index >= 15 is 0 Å². The Balaban J connectivity index is 2.74. The summed E-state index contributed by atoms with van der Waals surface area (Å²) in [5.41, 5.74) is 2.94. The molecule has 2 aromatic rings. The molecule has 4 heteroatoms. The van der Waals surface area contributed by atoms with Crippen molar-refractivity contribution >= 4 is 17.0 Å². The molecule has 0 atom stereocenters. The Morgan fingerprint density at radius 3 is 2.69 bits per heavy atom. The van der Waals surface area contributed by atoms with Gasteiger partial charge in [0.25, 0.3) is 0 Å². The summed E-state index contributed by atoms with van der Waals surface area (Å²) in [6, 6.07) is 3.34. The lowest BCUT2D eigenvalue weighted by molar-refractivity contribution is 0.0691. The van der Waals surface area contributed by atoms with Crippen molar-refractivity contribution in [2.75, 3.05) is 0 Å². The highest BCUT2D eigenvalue weighted by molar-refractivity contribution is 5.90. The third-order valence-corrected chi connectivity index (χ3v) is 2.70. The van der Waals surface area contributed by atoms with E-state index in [4.69, 9.17) is 5.11 Å². The molecule has 0 aliphatic rings. The lowest BCUT2D eigenvalue weighted by Gasteiger charge is -2.01. The summed E-state index contributed by atoms with van der Waals surface area (Å²) in [5.74, 6) is -0.652. The summed E-state index contributed by atoms with van der Waals surface area (Å²) in [6.45, 7) is 4.15. The Morgan fingerprint density at radius 2 is 2.12 bits per heavy atom. The van der Waals surface area contributed by atoms with E-state index in [0.29, 0.717) is 5.92 Å². The van der Waals surface area contributed by atoms with Gasteiger partial charge < -0.3 is 9.67 Å². The summed E-state index contributed by atoms with van der Waals surface area (Å²) in [6.07, 6.45) is 2.01. The second kappa shape index (κ2) is 3.63. The average molecular weight is 218 g/mol. The predicted octanol–water partition coefficient (Wildman–Crippen LogP) is 2.39. The second-order valence-electron chi connectivity index (χ2n) is 4.22. The molecule has 0 amide bonds. The highest BCUT2D eigenvalue weighted by Gasteiger charge is 2.13. The fraction of sp³-hybridized carbons (Fsp3) is 0.333. The van der Waals surface area contributed by atoms with Crippen molar-refractivity contribution in [3.63, 3.8) is 0 Å². The minimum atomic E-state index is -0.986. The molecule has 0 saturated carbocycles. The SMILES string of the molecule is CC(C)c1cn(C)c2ccc(C(=O)O)nc12. The molecule has 0 unspecified atom stereocenters. The smallest absolute Gasteiger partial charge is 0.354 e. The monoisotopic (exact) mass is 218 g/mol. The summed E-state index contributed by atoms with van der Waals surface area (Å²) in [4.78, 5) is 15.1. The Morgan fingerprint density at radius 1 is 1.44 bits per heavy atom. The number of pyridine rings is 1. The van der Waals surface area contributed by atoms with Crippen LogP contribution in [0.3, 0.4) is 0 Å². The predicted molar refractivity (Wildman–Crippen MR) is 61.8 cm³/mol. The Kier molecular flexibility index (Phi) is 2.42. The molecule has 0 radical (unpaired) electrons. The van der Waals surface area contributed by atoms with Gasteiger partial charge in [0.2, 0.25) is 0 Å². The van der Waals surface area contributed by atoms with Gasteiger partial charge in [0.05, 0.1) is 11.0 Å². The number of aromatic nitrogens is 2. The number of hydrogen-bond acceptors (Lipinski definition) is 2. The first-order chi connectivity index (χ1) is 7.50. The zero-order valence-corrected chi connectivity index (χ0v) is 9.56. The normalized spacial score (nSPS) is 11.2. The van der Waals surface area contributed by atoms with E-state index < -0.39 is 5.97 Å². The second-order valence-corrected chi connectivity index (χ2v) is 4.22. The van der Waals surface area contributed by atoms with Crippen LogP contribution in [0.1, 0.15) is 35.8 Å². The van der Waals surface area contributed by atoms with Crippen LogP contribution in [0.5, 0.6) is 0 Å². The molecule has 4 nitrogen and oxygen atoms in total. The van der Waals surface area contributed by atoms with Gasteiger partial charge in [0.15, 0.2) is 0 Å². The van der Waals surface area contributed by atoms with Crippen molar-refractivity contribution in [2.45, 2.75) is 19.8 Å². The molecule has 84 valence electrons. The van der Waals surface area contributed by atoms with E-state index in [-0.39, 0.29) is 5.69 Å². The number of fused-ring (bicyclic) bond motifs is 1. The van der Waals surface area contributed by atoms with Gasteiger partial charge in [0, 0.05) is 13.2 Å². The maximum atomic E-state index is 10.9. The highest BCUT2D eigenvalue weighted by Crippen LogP contribution is 2.25. The molecule has 1 N–H and O–H groups in total. The molecule has 0 aromatic carbocycles. The molecule has 0 bridgehead atoms. The molecule has 0 saturated heterocycles. The van der Waals surface area contributed by atoms with Crippen LogP contribution in [0.25, 0.3) is 11.0 Å². The van der Waals surface area contributed by atoms with E-state index in [1.807, 2.05) is 17.8 Å². The van der Waals surface area contributed by atoms with Gasteiger partial charge in [-0.25, -0.2) is 9.78 Å². The van der Waals surface area contributed by atoms with E-state index in [2.05, 4.69) is 18.8 Å². The minimum Gasteiger partial charge on any atom is -0.477 e. The standard InChI is InChI=1S/C12H14N2O2/c1-7(2)8-6-14(3)10-5-4-9(12(15)16)13-11(8)10/h4-7H,1-3H3,(H,15,16). The van der Waals surface area contributed by atoms with Crippen molar-refractivity contribution in [3.05, 3.63) is 29.6 Å². The first-order valence-corrected chi connectivity index (χ1v) is 5.20. The summed E-state index contributed by atoms with van der Waals surface area (Å²) >= 11 is 0. The van der Waals surface area contributed by atoms with Gasteiger partial charge in [-0.3, -0.25) is 0 Å². The van der Waals surface area contributed by atoms with Gasteiger partial charge in [-0.05, 0) is 23.6 Å². The first-order valence-electron chi connectivity index (χ1n) is 5.20. The molecular formula is C12H14N2O2. The van der Waals surface area contributed by atoms with Gasteiger partial charge in [-0.15, -0.1) is 0 Å². The van der Waals surface area contributed by atoms with Crippen molar-refractivity contribution in [2.24, 2.45) is 7.05 Å². The highest BCUT2D eigenvalue weighted by atomic mass is 16.4. The maximum Gasteiger partial charge on any atom is 0.354 e. The van der Waals surface area contributed by atoms with Gasteiger partial charge in [-0.2, -0.15) is 0 Å². The number of nitrogens with zero attached hydrogens (tertiary/aromatic N) is 2. The lowest BCUT2D eigenvalue weighted by atomic mass is 10.1. The number of carbonyl (C=O) groups is 1. The molecule has 2 heterocycles. The minimum absolute atomic E-state index is 0.0978.